The van der Waals surface area contributed by atoms with Gasteiger partial charge in [-0.1, -0.05) is 44.5 Å². The van der Waals surface area contributed by atoms with Crippen LogP contribution in [0.1, 0.15) is 83.3 Å². The summed E-state index contributed by atoms with van der Waals surface area (Å²) in [6, 6.07) is 5.85. The van der Waals surface area contributed by atoms with Gasteiger partial charge in [0.15, 0.2) is 0 Å². The van der Waals surface area contributed by atoms with Gasteiger partial charge in [-0.2, -0.15) is 13.2 Å². The lowest BCUT2D eigenvalue weighted by atomic mass is 9.43. The van der Waals surface area contributed by atoms with E-state index in [4.69, 9.17) is 30.4 Å². The molecule has 4 N–H and O–H groups in total. The van der Waals surface area contributed by atoms with Crippen LogP contribution in [0.4, 0.5) is 29.3 Å². The van der Waals surface area contributed by atoms with Gasteiger partial charge in [0.1, 0.15) is 29.1 Å². The topological polar surface area (TPSA) is 154 Å². The van der Waals surface area contributed by atoms with E-state index in [0.717, 1.165) is 25.0 Å². The maximum Gasteiger partial charge on any atom is 0.481 e. The van der Waals surface area contributed by atoms with Gasteiger partial charge in [0.2, 0.25) is 5.91 Å². The van der Waals surface area contributed by atoms with Crippen molar-refractivity contribution in [2.45, 2.75) is 102 Å². The lowest BCUT2D eigenvalue weighted by Gasteiger charge is -2.64. The average Bonchev–Trinajstić information content (AvgIpc) is 3.67. The molecule has 1 aromatic heterocycles. The second-order valence-corrected chi connectivity index (χ2v) is 16.8. The molecule has 3 saturated carbocycles. The minimum Gasteiger partial charge on any atom is -0.495 e. The molecule has 2 aliphatic heterocycles. The molecule has 8 rings (SSSR count). The molecule has 3 aromatic rings. The van der Waals surface area contributed by atoms with Crippen LogP contribution >= 0.6 is 11.6 Å². The summed E-state index contributed by atoms with van der Waals surface area (Å²) in [5.74, 6) is 0.453. The van der Waals surface area contributed by atoms with Crippen molar-refractivity contribution in [3.05, 3.63) is 74.9 Å². The minimum atomic E-state index is -4.54. The third-order valence-corrected chi connectivity index (χ3v) is 12.9. The molecule has 13 nitrogen and oxygen atoms in total. The molecule has 5 aliphatic rings. The van der Waals surface area contributed by atoms with Crippen LogP contribution in [0.3, 0.4) is 0 Å². The number of alkyl halides is 3. The van der Waals surface area contributed by atoms with Crippen LogP contribution in [0.5, 0.6) is 11.5 Å². The summed E-state index contributed by atoms with van der Waals surface area (Å²) in [6.45, 7) is 10.1. The number of amides is 3. The minimum absolute atomic E-state index is 0.0478. The smallest absolute Gasteiger partial charge is 0.481 e. The fourth-order valence-electron chi connectivity index (χ4n) is 9.30. The number of hydrogen-bond donors (Lipinski definition) is 4. The number of nitrogens with zero attached hydrogens (tertiary/aromatic N) is 2. The number of benzene rings is 2. The summed E-state index contributed by atoms with van der Waals surface area (Å²) in [7, 11) is 2.14. The number of nitrogens with one attached hydrogen (secondary N) is 4. The molecule has 0 unspecified atom stereocenters. The second-order valence-electron chi connectivity index (χ2n) is 16.4. The Bertz CT molecular complexity index is 2140. The number of anilines is 2. The SMILES string of the molecule is CC[C@H](NC(=O)[C@@H]1C[C@@](C)(NC(=O)Nc2cc(Cl)c(OC)cc2OC)c2ncc(NCc3cccc(C(F)(F)F)c3)c(=O)n21)B1O[C@@H]2C[C@@H]3C[C@@H](C3(C)C)[C@]2(C)O1. The summed E-state index contributed by atoms with van der Waals surface area (Å²) in [6.07, 6.45) is -1.09. The molecule has 306 valence electrons. The molecular weight excluding hydrogens is 768 g/mol. The summed E-state index contributed by atoms with van der Waals surface area (Å²) in [5.41, 5.74) is -2.77. The Morgan fingerprint density at radius 3 is 2.49 bits per heavy atom. The zero-order valence-corrected chi connectivity index (χ0v) is 33.6. The molecule has 3 amide bonds. The van der Waals surface area contributed by atoms with Gasteiger partial charge in [-0.15, -0.1) is 0 Å². The monoisotopic (exact) mass is 814 g/mol. The molecule has 0 spiro atoms. The standard InChI is InChI=1S/C39H47BClF3N6O7/c1-8-31(40-56-30-14-22-13-29(36(22,2)3)38(30,5)57-40)48-32(51)26-17-37(4,49-35(53)47-24-15-23(41)27(54-6)16-28(24)55-7)34-46-19-25(33(52)50(26)34)45-18-20-10-9-11-21(12-20)39(42,43)44/h9-12,15-16,19,22,26,29-31,45H,8,13-14,17-18H2,1-7H3,(H,48,51)(H2,47,49,53)/t22-,26-,29-,30+,31-,37+,38-/m0/s1. The molecule has 18 heteroatoms. The lowest BCUT2D eigenvalue weighted by Crippen LogP contribution is -2.65. The fourth-order valence-corrected chi connectivity index (χ4v) is 9.54. The maximum atomic E-state index is 14.4. The predicted octanol–water partition coefficient (Wildman–Crippen LogP) is 6.69. The van der Waals surface area contributed by atoms with Crippen molar-refractivity contribution in [1.29, 1.82) is 0 Å². The molecule has 3 heterocycles. The van der Waals surface area contributed by atoms with Crippen molar-refractivity contribution in [1.82, 2.24) is 20.2 Å². The van der Waals surface area contributed by atoms with Crippen LogP contribution in [0.25, 0.3) is 0 Å². The van der Waals surface area contributed by atoms with Crippen molar-refractivity contribution in [3.8, 4) is 11.5 Å². The highest BCUT2D eigenvalue weighted by Crippen LogP contribution is 2.65. The van der Waals surface area contributed by atoms with E-state index in [-0.39, 0.29) is 58.0 Å². The Kier molecular flexibility index (Phi) is 10.5. The van der Waals surface area contributed by atoms with E-state index < -0.39 is 59.5 Å². The van der Waals surface area contributed by atoms with Crippen molar-refractivity contribution >= 4 is 42.0 Å². The van der Waals surface area contributed by atoms with Crippen LogP contribution in [0, 0.1) is 17.3 Å². The van der Waals surface area contributed by atoms with Crippen LogP contribution in [0.15, 0.2) is 47.4 Å². The number of methoxy groups -OCH3 is 2. The van der Waals surface area contributed by atoms with Crippen molar-refractivity contribution in [3.63, 3.8) is 0 Å². The Morgan fingerprint density at radius 1 is 1.09 bits per heavy atom. The fraction of sp³-hybridized carbons (Fsp3) is 0.538. The number of halogens is 4. The normalized spacial score (nSPS) is 27.4. The first-order valence-corrected chi connectivity index (χ1v) is 19.4. The summed E-state index contributed by atoms with van der Waals surface area (Å²) in [5, 5.41) is 11.8. The number of ether oxygens (including phenoxy) is 2. The number of rotatable bonds is 11. The highest BCUT2D eigenvalue weighted by Gasteiger charge is 2.68. The summed E-state index contributed by atoms with van der Waals surface area (Å²) in [4.78, 5) is 46.9. The largest absolute Gasteiger partial charge is 0.495 e. The van der Waals surface area contributed by atoms with Gasteiger partial charge in [0.05, 0.1) is 59.9 Å². The quantitative estimate of drug-likeness (QED) is 0.155. The van der Waals surface area contributed by atoms with Crippen LogP contribution in [-0.4, -0.2) is 60.5 Å². The lowest BCUT2D eigenvalue weighted by molar-refractivity contribution is -0.199. The van der Waals surface area contributed by atoms with Gasteiger partial charge in [-0.25, -0.2) is 9.78 Å². The molecule has 1 saturated heterocycles. The molecule has 3 aliphatic carbocycles. The van der Waals surface area contributed by atoms with Gasteiger partial charge in [0.25, 0.3) is 5.56 Å². The van der Waals surface area contributed by atoms with Gasteiger partial charge >= 0.3 is 19.3 Å². The van der Waals surface area contributed by atoms with Gasteiger partial charge in [0, 0.05) is 19.0 Å². The number of urea groups is 1. The Morgan fingerprint density at radius 2 is 1.82 bits per heavy atom. The highest BCUT2D eigenvalue weighted by atomic mass is 35.5. The van der Waals surface area contributed by atoms with E-state index in [2.05, 4.69) is 47.0 Å². The zero-order chi connectivity index (χ0) is 41.2. The molecule has 7 atom stereocenters. The van der Waals surface area contributed by atoms with E-state index in [9.17, 15) is 27.6 Å². The third kappa shape index (κ3) is 7.20. The average molecular weight is 815 g/mol. The Hall–Kier alpha value is -4.48. The number of carbonyl (C=O) groups is 2. The molecule has 57 heavy (non-hydrogen) atoms. The van der Waals surface area contributed by atoms with Crippen LogP contribution in [0.2, 0.25) is 5.02 Å². The number of fused-ring (bicyclic) bond motifs is 1. The zero-order valence-electron chi connectivity index (χ0n) is 32.8. The summed E-state index contributed by atoms with van der Waals surface area (Å²) >= 11 is 6.33. The second kappa shape index (κ2) is 14.7. The first-order chi connectivity index (χ1) is 26.8. The van der Waals surface area contributed by atoms with E-state index in [1.165, 1.54) is 49.2 Å². The van der Waals surface area contributed by atoms with E-state index in [0.29, 0.717) is 24.0 Å². The molecule has 2 bridgehead atoms. The van der Waals surface area contributed by atoms with Crippen molar-refractivity contribution in [2.24, 2.45) is 17.3 Å². The van der Waals surface area contributed by atoms with Crippen molar-refractivity contribution < 1.29 is 41.5 Å². The van der Waals surface area contributed by atoms with Gasteiger partial charge < -0.3 is 40.0 Å². The Balaban J connectivity index is 1.16. The first kappa shape index (κ1) is 40.7. The van der Waals surface area contributed by atoms with Crippen molar-refractivity contribution in [2.75, 3.05) is 24.9 Å². The molecule has 2 aromatic carbocycles. The van der Waals surface area contributed by atoms with Gasteiger partial charge in [-0.05, 0) is 74.1 Å². The van der Waals surface area contributed by atoms with E-state index in [1.807, 2.05) is 6.92 Å². The third-order valence-electron chi connectivity index (χ3n) is 12.6. The molecule has 0 radical (unpaired) electrons. The first-order valence-electron chi connectivity index (χ1n) is 19.0. The number of carbonyl (C=O) groups excluding carboxylic acids is 2. The number of aromatic nitrogens is 2. The van der Waals surface area contributed by atoms with E-state index >= 15 is 0 Å². The predicted molar refractivity (Wildman–Crippen MR) is 207 cm³/mol. The van der Waals surface area contributed by atoms with E-state index in [1.54, 1.807) is 6.92 Å². The molecular formula is C39H47BClF3N6O7. The summed E-state index contributed by atoms with van der Waals surface area (Å²) < 4.78 is 65.3. The van der Waals surface area contributed by atoms with Gasteiger partial charge in [-0.3, -0.25) is 14.2 Å². The highest BCUT2D eigenvalue weighted by molar-refractivity contribution is 6.47. The Labute approximate surface area is 333 Å². The molecule has 4 fully saturated rings. The number of hydrogen-bond acceptors (Lipinski definition) is 9. The van der Waals surface area contributed by atoms with Crippen LogP contribution < -0.4 is 36.3 Å². The van der Waals surface area contributed by atoms with Crippen LogP contribution in [-0.2, 0) is 32.4 Å². The maximum absolute atomic E-state index is 14.4.